The second kappa shape index (κ2) is 11.1. The molecule has 0 aromatic carbocycles. The molecule has 2 rings (SSSR count). The molecule has 3 N–H and O–H groups in total. The lowest BCUT2D eigenvalue weighted by Crippen LogP contribution is -2.53. The van der Waals surface area contributed by atoms with Gasteiger partial charge < -0.3 is 25.2 Å². The van der Waals surface area contributed by atoms with Crippen LogP contribution in [-0.2, 0) is 16.1 Å². The van der Waals surface area contributed by atoms with Crippen molar-refractivity contribution < 1.29 is 14.3 Å². The molecule has 0 bridgehead atoms. The number of amides is 2. The number of nitrogens with one attached hydrogen (secondary N) is 1. The number of carbonyl (C=O) groups is 2. The minimum Gasteiger partial charge on any atom is -0.450 e. The van der Waals surface area contributed by atoms with E-state index in [9.17, 15) is 19.2 Å². The number of aromatic nitrogens is 2. The first-order valence-corrected chi connectivity index (χ1v) is 11.1. The zero-order chi connectivity index (χ0) is 24.0. The minimum absolute atomic E-state index is 0.0508. The predicted molar refractivity (Wildman–Crippen MR) is 123 cm³/mol. The summed E-state index contributed by atoms with van der Waals surface area (Å²) in [7, 11) is 0. The molecule has 0 aliphatic carbocycles. The summed E-state index contributed by atoms with van der Waals surface area (Å²) in [6.45, 7) is 12.2. The van der Waals surface area contributed by atoms with Crippen LogP contribution in [0.25, 0.3) is 0 Å². The number of nitrogens with zero attached hydrogens (tertiary/aromatic N) is 4. The molecule has 1 aromatic heterocycles. The summed E-state index contributed by atoms with van der Waals surface area (Å²) in [5.41, 5.74) is 5.24. The van der Waals surface area contributed by atoms with Crippen molar-refractivity contribution in [3.8, 4) is 0 Å². The molecule has 1 aliphatic rings. The Morgan fingerprint density at radius 2 is 1.66 bits per heavy atom. The highest BCUT2D eigenvalue weighted by Crippen LogP contribution is 2.19. The van der Waals surface area contributed by atoms with E-state index in [-0.39, 0.29) is 41.9 Å². The fourth-order valence-electron chi connectivity index (χ4n) is 3.72. The number of nitrogen functional groups attached to an aromatic ring is 1. The van der Waals surface area contributed by atoms with Crippen molar-refractivity contribution in [1.82, 2.24) is 19.4 Å². The van der Waals surface area contributed by atoms with E-state index in [0.29, 0.717) is 45.9 Å². The molecular weight excluding hydrogens is 416 g/mol. The van der Waals surface area contributed by atoms with Gasteiger partial charge in [0.1, 0.15) is 11.5 Å². The molecule has 0 spiro atoms. The van der Waals surface area contributed by atoms with E-state index in [1.165, 1.54) is 4.57 Å². The highest BCUT2D eigenvalue weighted by atomic mass is 16.6. The number of rotatable bonds is 8. The number of hydrogen-bond donors (Lipinski definition) is 2. The molecule has 1 fully saturated rings. The standard InChI is InChI=1S/C21H36N6O5/c1-6-32-21(31)25-9-7-24(8-10-25)16(28)13-26(11-14(2)3)17-18(22)27(12-15(4)5)20(30)23-19(17)29/h14-15H,6-13,22H2,1-5H3,(H,23,29,30). The Balaban J connectivity index is 2.23. The van der Waals surface area contributed by atoms with E-state index in [0.717, 1.165) is 0 Å². The quantitative estimate of drug-likeness (QED) is 0.588. The van der Waals surface area contributed by atoms with Gasteiger partial charge in [-0.3, -0.25) is 19.1 Å². The zero-order valence-electron chi connectivity index (χ0n) is 19.7. The summed E-state index contributed by atoms with van der Waals surface area (Å²) in [5, 5.41) is 0. The molecule has 0 atom stereocenters. The Bertz CT molecular complexity index is 914. The van der Waals surface area contributed by atoms with Crippen molar-refractivity contribution in [1.29, 1.82) is 0 Å². The van der Waals surface area contributed by atoms with Crippen LogP contribution in [0.3, 0.4) is 0 Å². The fourth-order valence-corrected chi connectivity index (χ4v) is 3.72. The lowest BCUT2D eigenvalue weighted by molar-refractivity contribution is -0.131. The highest BCUT2D eigenvalue weighted by Gasteiger charge is 2.28. The van der Waals surface area contributed by atoms with Crippen LogP contribution in [0.5, 0.6) is 0 Å². The van der Waals surface area contributed by atoms with Crippen LogP contribution in [-0.4, -0.2) is 77.2 Å². The van der Waals surface area contributed by atoms with Crippen molar-refractivity contribution >= 4 is 23.5 Å². The van der Waals surface area contributed by atoms with Crippen LogP contribution >= 0.6 is 0 Å². The van der Waals surface area contributed by atoms with Gasteiger partial charge in [-0.05, 0) is 18.8 Å². The topological polar surface area (TPSA) is 134 Å². The van der Waals surface area contributed by atoms with Gasteiger partial charge in [-0.25, -0.2) is 9.59 Å². The molecule has 2 amide bonds. The van der Waals surface area contributed by atoms with Crippen LogP contribution in [0.2, 0.25) is 0 Å². The Kier molecular flexibility index (Phi) is 8.73. The molecule has 2 heterocycles. The van der Waals surface area contributed by atoms with Crippen LogP contribution in [0.1, 0.15) is 34.6 Å². The minimum atomic E-state index is -0.604. The van der Waals surface area contributed by atoms with E-state index in [1.54, 1.807) is 21.6 Å². The first-order valence-electron chi connectivity index (χ1n) is 11.1. The molecule has 1 saturated heterocycles. The second-order valence-corrected chi connectivity index (χ2v) is 8.84. The van der Waals surface area contributed by atoms with E-state index in [2.05, 4.69) is 4.98 Å². The van der Waals surface area contributed by atoms with Crippen molar-refractivity contribution in [2.45, 2.75) is 41.2 Å². The average molecular weight is 453 g/mol. The summed E-state index contributed by atoms with van der Waals surface area (Å²) < 4.78 is 6.36. The van der Waals surface area contributed by atoms with Gasteiger partial charge in [0.2, 0.25) is 5.91 Å². The fraction of sp³-hybridized carbons (Fsp3) is 0.714. The van der Waals surface area contributed by atoms with E-state index in [1.807, 2.05) is 27.7 Å². The lowest BCUT2D eigenvalue weighted by atomic mass is 10.2. The Morgan fingerprint density at radius 1 is 1.06 bits per heavy atom. The van der Waals surface area contributed by atoms with Crippen molar-refractivity contribution in [2.24, 2.45) is 11.8 Å². The summed E-state index contributed by atoms with van der Waals surface area (Å²) in [5.74, 6) is 0.181. The van der Waals surface area contributed by atoms with E-state index >= 15 is 0 Å². The molecule has 0 saturated carbocycles. The van der Waals surface area contributed by atoms with Crippen LogP contribution in [0.4, 0.5) is 16.3 Å². The number of carbonyl (C=O) groups excluding carboxylic acids is 2. The Hall–Kier alpha value is -2.98. The number of nitrogens with two attached hydrogens (primary N) is 1. The molecular formula is C21H36N6O5. The Morgan fingerprint density at radius 3 is 2.19 bits per heavy atom. The van der Waals surface area contributed by atoms with Gasteiger partial charge in [0.25, 0.3) is 5.56 Å². The summed E-state index contributed by atoms with van der Waals surface area (Å²) in [4.78, 5) is 57.1. The molecule has 11 nitrogen and oxygen atoms in total. The Labute approximate surface area is 188 Å². The molecule has 180 valence electrons. The molecule has 0 radical (unpaired) electrons. The van der Waals surface area contributed by atoms with Gasteiger partial charge in [-0.1, -0.05) is 27.7 Å². The van der Waals surface area contributed by atoms with E-state index in [4.69, 9.17) is 10.5 Å². The molecule has 1 aromatic rings. The number of aromatic amines is 1. The molecule has 0 unspecified atom stereocenters. The summed E-state index contributed by atoms with van der Waals surface area (Å²) >= 11 is 0. The van der Waals surface area contributed by atoms with Gasteiger partial charge in [-0.2, -0.15) is 0 Å². The maximum Gasteiger partial charge on any atom is 0.409 e. The number of piperazine rings is 1. The van der Waals surface area contributed by atoms with Gasteiger partial charge >= 0.3 is 11.8 Å². The number of ether oxygens (including phenoxy) is 1. The molecule has 32 heavy (non-hydrogen) atoms. The number of hydrogen-bond acceptors (Lipinski definition) is 7. The maximum absolute atomic E-state index is 13.0. The van der Waals surface area contributed by atoms with Gasteiger partial charge in [0, 0.05) is 39.3 Å². The first-order chi connectivity index (χ1) is 15.0. The highest BCUT2D eigenvalue weighted by molar-refractivity contribution is 5.83. The van der Waals surface area contributed by atoms with Crippen molar-refractivity contribution in [3.05, 3.63) is 20.8 Å². The lowest BCUT2D eigenvalue weighted by Gasteiger charge is -2.36. The summed E-state index contributed by atoms with van der Waals surface area (Å²) in [6, 6.07) is 0. The van der Waals surface area contributed by atoms with Gasteiger partial charge in [0.05, 0.1) is 13.2 Å². The molecule has 11 heteroatoms. The normalized spacial score (nSPS) is 14.2. The second-order valence-electron chi connectivity index (χ2n) is 8.84. The predicted octanol–water partition coefficient (Wildman–Crippen LogP) is 0.538. The van der Waals surface area contributed by atoms with Crippen molar-refractivity contribution in [3.63, 3.8) is 0 Å². The first kappa shape index (κ1) is 25.3. The zero-order valence-corrected chi connectivity index (χ0v) is 19.7. The van der Waals surface area contributed by atoms with Gasteiger partial charge in [0.15, 0.2) is 0 Å². The third kappa shape index (κ3) is 6.27. The van der Waals surface area contributed by atoms with Gasteiger partial charge in [-0.15, -0.1) is 0 Å². The largest absolute Gasteiger partial charge is 0.450 e. The monoisotopic (exact) mass is 452 g/mol. The van der Waals surface area contributed by atoms with E-state index < -0.39 is 11.2 Å². The van der Waals surface area contributed by atoms with Crippen LogP contribution in [0.15, 0.2) is 9.59 Å². The SMILES string of the molecule is CCOC(=O)N1CCN(C(=O)CN(CC(C)C)c2c(N)n(CC(C)C)c(=O)[nH]c2=O)CC1. The maximum atomic E-state index is 13.0. The van der Waals surface area contributed by atoms with Crippen LogP contribution in [0, 0.1) is 11.8 Å². The number of anilines is 2. The third-order valence-electron chi connectivity index (χ3n) is 5.15. The van der Waals surface area contributed by atoms with Crippen molar-refractivity contribution in [2.75, 3.05) is 56.5 Å². The number of H-pyrrole nitrogens is 1. The average Bonchev–Trinajstić information content (AvgIpc) is 2.70. The van der Waals surface area contributed by atoms with Crippen LogP contribution < -0.4 is 21.9 Å². The smallest absolute Gasteiger partial charge is 0.409 e. The molecule has 1 aliphatic heterocycles. The summed E-state index contributed by atoms with van der Waals surface area (Å²) in [6.07, 6.45) is -0.382. The third-order valence-corrected chi connectivity index (χ3v) is 5.15.